The van der Waals surface area contributed by atoms with Gasteiger partial charge in [-0.25, -0.2) is 4.68 Å². The highest BCUT2D eigenvalue weighted by molar-refractivity contribution is 5.61. The first kappa shape index (κ1) is 14.7. The van der Waals surface area contributed by atoms with Crippen LogP contribution in [-0.4, -0.2) is 52.1 Å². The Morgan fingerprint density at radius 3 is 2.95 bits per heavy atom. The number of nitrogens with zero attached hydrogens (tertiary/aromatic N) is 4. The number of rotatable bonds is 6. The molecule has 1 fully saturated rings. The van der Waals surface area contributed by atoms with Gasteiger partial charge in [-0.05, 0) is 26.3 Å². The summed E-state index contributed by atoms with van der Waals surface area (Å²) in [6.45, 7) is 3.56. The molecule has 20 heavy (non-hydrogen) atoms. The largest absolute Gasteiger partial charge is 0.395 e. The maximum Gasteiger partial charge on any atom is 0.333 e. The van der Waals surface area contributed by atoms with E-state index in [4.69, 9.17) is 0 Å². The molecule has 0 aliphatic carbocycles. The van der Waals surface area contributed by atoms with E-state index < -0.39 is 4.92 Å². The highest BCUT2D eigenvalue weighted by Crippen LogP contribution is 2.31. The van der Waals surface area contributed by atoms with E-state index in [-0.39, 0.29) is 12.3 Å². The summed E-state index contributed by atoms with van der Waals surface area (Å²) in [7, 11) is 1.70. The van der Waals surface area contributed by atoms with Crippen LogP contribution in [-0.2, 0) is 7.05 Å². The van der Waals surface area contributed by atoms with Crippen molar-refractivity contribution in [2.45, 2.75) is 25.8 Å². The van der Waals surface area contributed by atoms with Crippen LogP contribution in [0.5, 0.6) is 0 Å². The third-order valence-corrected chi connectivity index (χ3v) is 3.62. The van der Waals surface area contributed by atoms with E-state index >= 15 is 0 Å². The molecule has 2 N–H and O–H groups in total. The van der Waals surface area contributed by atoms with Crippen molar-refractivity contribution in [1.29, 1.82) is 0 Å². The van der Waals surface area contributed by atoms with Crippen molar-refractivity contribution in [3.63, 3.8) is 0 Å². The first-order valence-corrected chi connectivity index (χ1v) is 6.81. The summed E-state index contributed by atoms with van der Waals surface area (Å²) in [5, 5.41) is 28.0. The Balaban J connectivity index is 2.30. The van der Waals surface area contributed by atoms with Gasteiger partial charge in [-0.2, -0.15) is 5.10 Å². The van der Waals surface area contributed by atoms with E-state index in [2.05, 4.69) is 10.4 Å². The highest BCUT2D eigenvalue weighted by atomic mass is 16.6. The van der Waals surface area contributed by atoms with Crippen LogP contribution in [0.4, 0.5) is 11.5 Å². The van der Waals surface area contributed by atoms with Gasteiger partial charge >= 0.3 is 5.69 Å². The fraction of sp³-hybridized carbons (Fsp3) is 0.750. The molecule has 1 aromatic rings. The van der Waals surface area contributed by atoms with Crippen LogP contribution in [0.2, 0.25) is 0 Å². The lowest BCUT2D eigenvalue weighted by molar-refractivity contribution is -0.384. The zero-order valence-electron chi connectivity index (χ0n) is 11.9. The number of aliphatic hydroxyl groups excluding tert-OH is 1. The second kappa shape index (κ2) is 6.19. The number of nitro groups is 1. The van der Waals surface area contributed by atoms with Crippen LogP contribution < -0.4 is 10.2 Å². The SMILES string of the molecule is Cc1nn(C)c(N(CCO)CC2CCCN2)c1[N+](=O)[O-]. The molecule has 1 atom stereocenters. The first-order valence-electron chi connectivity index (χ1n) is 6.81. The van der Waals surface area contributed by atoms with E-state index in [0.29, 0.717) is 30.6 Å². The number of nitrogens with one attached hydrogen (secondary N) is 1. The van der Waals surface area contributed by atoms with E-state index in [1.165, 1.54) is 4.68 Å². The van der Waals surface area contributed by atoms with Gasteiger partial charge in [0.2, 0.25) is 5.82 Å². The van der Waals surface area contributed by atoms with Gasteiger partial charge in [0.15, 0.2) is 0 Å². The van der Waals surface area contributed by atoms with Crippen molar-refractivity contribution in [3.8, 4) is 0 Å². The summed E-state index contributed by atoms with van der Waals surface area (Å²) < 4.78 is 1.53. The molecule has 1 aliphatic rings. The molecule has 1 aromatic heterocycles. The van der Waals surface area contributed by atoms with Crippen molar-refractivity contribution in [3.05, 3.63) is 15.8 Å². The van der Waals surface area contributed by atoms with Crippen LogP contribution in [0.15, 0.2) is 0 Å². The van der Waals surface area contributed by atoms with Crippen molar-refractivity contribution in [1.82, 2.24) is 15.1 Å². The monoisotopic (exact) mass is 283 g/mol. The van der Waals surface area contributed by atoms with Crippen LogP contribution in [0.25, 0.3) is 0 Å². The minimum atomic E-state index is -0.399. The molecule has 0 radical (unpaired) electrons. The quantitative estimate of drug-likeness (QED) is 0.571. The Bertz CT molecular complexity index is 482. The Labute approximate surface area is 117 Å². The normalized spacial score (nSPS) is 18.4. The van der Waals surface area contributed by atoms with Gasteiger partial charge < -0.3 is 15.3 Å². The van der Waals surface area contributed by atoms with E-state index in [0.717, 1.165) is 19.4 Å². The lowest BCUT2D eigenvalue weighted by Crippen LogP contribution is -2.40. The van der Waals surface area contributed by atoms with Gasteiger partial charge in [0.05, 0.1) is 11.5 Å². The Kier molecular flexibility index (Phi) is 4.56. The van der Waals surface area contributed by atoms with Crippen LogP contribution >= 0.6 is 0 Å². The lowest BCUT2D eigenvalue weighted by Gasteiger charge is -2.26. The van der Waals surface area contributed by atoms with Gasteiger partial charge in [0.1, 0.15) is 5.69 Å². The van der Waals surface area contributed by atoms with Gasteiger partial charge in [-0.15, -0.1) is 0 Å². The first-order chi connectivity index (χ1) is 9.54. The Morgan fingerprint density at radius 2 is 2.40 bits per heavy atom. The van der Waals surface area contributed by atoms with Gasteiger partial charge in [0.25, 0.3) is 0 Å². The second-order valence-corrected chi connectivity index (χ2v) is 5.10. The standard InChI is InChI=1S/C12H21N5O3/c1-9-11(17(19)20)12(15(2)14-9)16(6-7-18)8-10-4-3-5-13-10/h10,13,18H,3-8H2,1-2H3. The summed E-state index contributed by atoms with van der Waals surface area (Å²) in [5.74, 6) is 0.468. The molecule has 1 unspecified atom stereocenters. The summed E-state index contributed by atoms with van der Waals surface area (Å²) in [5.41, 5.74) is 0.425. The average molecular weight is 283 g/mol. The number of hydrogen-bond acceptors (Lipinski definition) is 6. The number of aryl methyl sites for hydroxylation is 2. The fourth-order valence-electron chi connectivity index (χ4n) is 2.79. The zero-order valence-corrected chi connectivity index (χ0v) is 11.9. The molecule has 1 saturated heterocycles. The molecule has 1 aliphatic heterocycles. The molecule has 0 aromatic carbocycles. The van der Waals surface area contributed by atoms with Crippen molar-refractivity contribution >= 4 is 11.5 Å². The van der Waals surface area contributed by atoms with E-state index in [9.17, 15) is 15.2 Å². The fourth-order valence-corrected chi connectivity index (χ4v) is 2.79. The van der Waals surface area contributed by atoms with Crippen LogP contribution in [0.1, 0.15) is 18.5 Å². The molecule has 0 bridgehead atoms. The maximum absolute atomic E-state index is 11.2. The summed E-state index contributed by atoms with van der Waals surface area (Å²) in [4.78, 5) is 12.7. The second-order valence-electron chi connectivity index (χ2n) is 5.10. The lowest BCUT2D eigenvalue weighted by atomic mass is 10.2. The predicted octanol–water partition coefficient (Wildman–Crippen LogP) is 0.187. The van der Waals surface area contributed by atoms with Crippen LogP contribution in [0.3, 0.4) is 0 Å². The van der Waals surface area contributed by atoms with Gasteiger partial charge in [-0.3, -0.25) is 10.1 Å². The molecule has 112 valence electrons. The number of hydrogen-bond donors (Lipinski definition) is 2. The maximum atomic E-state index is 11.2. The van der Waals surface area contributed by atoms with E-state index in [1.54, 1.807) is 14.0 Å². The Hall–Kier alpha value is -1.67. The number of aliphatic hydroxyl groups is 1. The molecule has 2 heterocycles. The van der Waals surface area contributed by atoms with Gasteiger partial charge in [-0.1, -0.05) is 0 Å². The van der Waals surface area contributed by atoms with Crippen molar-refractivity contribution in [2.24, 2.45) is 7.05 Å². The highest BCUT2D eigenvalue weighted by Gasteiger charge is 2.30. The third-order valence-electron chi connectivity index (χ3n) is 3.62. The minimum absolute atomic E-state index is 0.0268. The molecule has 2 rings (SSSR count). The Morgan fingerprint density at radius 1 is 1.65 bits per heavy atom. The van der Waals surface area contributed by atoms with Crippen molar-refractivity contribution < 1.29 is 10.0 Å². The average Bonchev–Trinajstić information content (AvgIpc) is 2.96. The number of anilines is 1. The summed E-state index contributed by atoms with van der Waals surface area (Å²) in [6, 6.07) is 0.302. The zero-order chi connectivity index (χ0) is 14.7. The molecular formula is C12H21N5O3. The predicted molar refractivity (Wildman–Crippen MR) is 74.9 cm³/mol. The summed E-state index contributed by atoms with van der Waals surface area (Å²) >= 11 is 0. The smallest absolute Gasteiger partial charge is 0.333 e. The molecule has 0 saturated carbocycles. The number of aromatic nitrogens is 2. The third kappa shape index (κ3) is 2.91. The topological polar surface area (TPSA) is 96.5 Å². The molecule has 0 amide bonds. The molecule has 8 heteroatoms. The summed E-state index contributed by atoms with van der Waals surface area (Å²) in [6.07, 6.45) is 2.16. The minimum Gasteiger partial charge on any atom is -0.395 e. The molecular weight excluding hydrogens is 262 g/mol. The van der Waals surface area contributed by atoms with E-state index in [1.807, 2.05) is 4.90 Å². The van der Waals surface area contributed by atoms with Gasteiger partial charge in [0, 0.05) is 26.2 Å². The van der Waals surface area contributed by atoms with Crippen molar-refractivity contribution in [2.75, 3.05) is 31.1 Å². The van der Waals surface area contributed by atoms with Crippen LogP contribution in [0, 0.1) is 17.0 Å². The molecule has 8 nitrogen and oxygen atoms in total. The molecule has 0 spiro atoms.